The van der Waals surface area contributed by atoms with Crippen molar-refractivity contribution in [1.29, 1.82) is 0 Å². The summed E-state index contributed by atoms with van der Waals surface area (Å²) in [5.74, 6) is 0.898. The molecule has 0 saturated carbocycles. The fourth-order valence-corrected chi connectivity index (χ4v) is 2.52. The normalized spacial score (nSPS) is 25.1. The van der Waals surface area contributed by atoms with Crippen LogP contribution in [0.2, 0.25) is 5.15 Å². The summed E-state index contributed by atoms with van der Waals surface area (Å²) in [5.41, 5.74) is 1.51. The molecule has 1 saturated heterocycles. The average molecular weight is 270 g/mol. The van der Waals surface area contributed by atoms with Crippen LogP contribution in [0.4, 0.5) is 5.82 Å². The first-order valence-corrected chi connectivity index (χ1v) is 6.75. The molecular formula is C13H20ClN3O. The van der Waals surface area contributed by atoms with Crippen LogP contribution in [0, 0.1) is 13.8 Å². The third-order valence-corrected chi connectivity index (χ3v) is 4.16. The molecule has 100 valence electrons. The Morgan fingerprint density at radius 3 is 2.61 bits per heavy atom. The summed E-state index contributed by atoms with van der Waals surface area (Å²) in [6, 6.07) is 0. The number of hydrogen-bond donors (Lipinski definition) is 1. The minimum absolute atomic E-state index is 0.470. The second kappa shape index (κ2) is 5.02. The smallest absolute Gasteiger partial charge is 0.155 e. The van der Waals surface area contributed by atoms with Gasteiger partial charge in [-0.15, -0.1) is 10.2 Å². The van der Waals surface area contributed by atoms with Crippen LogP contribution in [0.25, 0.3) is 0 Å². The zero-order valence-corrected chi connectivity index (χ0v) is 12.0. The molecule has 1 aromatic rings. The average Bonchev–Trinajstić information content (AvgIpc) is 2.48. The monoisotopic (exact) mass is 269 g/mol. The van der Waals surface area contributed by atoms with E-state index in [9.17, 15) is 5.11 Å². The fraction of sp³-hybridized carbons (Fsp3) is 0.692. The van der Waals surface area contributed by atoms with Gasteiger partial charge in [-0.2, -0.15) is 0 Å². The Bertz CT molecular complexity index is 448. The van der Waals surface area contributed by atoms with Gasteiger partial charge in [0.05, 0.1) is 5.60 Å². The second-order valence-electron chi connectivity index (χ2n) is 5.40. The summed E-state index contributed by atoms with van der Waals surface area (Å²) >= 11 is 5.97. The molecule has 1 atom stereocenters. The van der Waals surface area contributed by atoms with E-state index in [0.29, 0.717) is 5.15 Å². The number of nitrogens with zero attached hydrogens (tertiary/aromatic N) is 3. The number of aliphatic hydroxyl groups is 1. The van der Waals surface area contributed by atoms with Crippen molar-refractivity contribution in [1.82, 2.24) is 10.2 Å². The van der Waals surface area contributed by atoms with Crippen molar-refractivity contribution in [2.24, 2.45) is 0 Å². The van der Waals surface area contributed by atoms with Crippen LogP contribution in [-0.2, 0) is 0 Å². The SMILES string of the molecule is Cc1c(Cl)nnc(N2CCCC(C)(O)CC2)c1C. The Morgan fingerprint density at radius 2 is 1.89 bits per heavy atom. The molecular weight excluding hydrogens is 250 g/mol. The highest BCUT2D eigenvalue weighted by Gasteiger charge is 2.26. The summed E-state index contributed by atoms with van der Waals surface area (Å²) in [7, 11) is 0. The molecule has 1 N–H and O–H groups in total. The minimum Gasteiger partial charge on any atom is -0.390 e. The van der Waals surface area contributed by atoms with Gasteiger partial charge in [0.25, 0.3) is 0 Å². The first kappa shape index (κ1) is 13.6. The lowest BCUT2D eigenvalue weighted by atomic mass is 9.98. The predicted molar refractivity (Wildman–Crippen MR) is 73.2 cm³/mol. The zero-order valence-electron chi connectivity index (χ0n) is 11.2. The van der Waals surface area contributed by atoms with Gasteiger partial charge in [0.2, 0.25) is 0 Å². The predicted octanol–water partition coefficient (Wildman–Crippen LogP) is 2.49. The molecule has 1 aliphatic rings. The fourth-order valence-electron chi connectivity index (χ4n) is 2.34. The van der Waals surface area contributed by atoms with E-state index in [2.05, 4.69) is 15.1 Å². The molecule has 0 bridgehead atoms. The van der Waals surface area contributed by atoms with E-state index in [0.717, 1.165) is 49.3 Å². The van der Waals surface area contributed by atoms with Crippen LogP contribution >= 0.6 is 11.6 Å². The first-order valence-electron chi connectivity index (χ1n) is 6.37. The molecule has 0 aliphatic carbocycles. The van der Waals surface area contributed by atoms with Gasteiger partial charge in [-0.3, -0.25) is 0 Å². The van der Waals surface area contributed by atoms with Gasteiger partial charge < -0.3 is 10.0 Å². The summed E-state index contributed by atoms with van der Waals surface area (Å²) in [5, 5.41) is 18.8. The Kier molecular flexibility index (Phi) is 3.78. The Hall–Kier alpha value is -0.870. The molecule has 1 unspecified atom stereocenters. The molecule has 0 aromatic carbocycles. The molecule has 1 aromatic heterocycles. The molecule has 2 rings (SSSR count). The second-order valence-corrected chi connectivity index (χ2v) is 5.76. The molecule has 1 aliphatic heterocycles. The zero-order chi connectivity index (χ0) is 13.3. The minimum atomic E-state index is -0.558. The van der Waals surface area contributed by atoms with Gasteiger partial charge >= 0.3 is 0 Å². The largest absolute Gasteiger partial charge is 0.390 e. The lowest BCUT2D eigenvalue weighted by Gasteiger charge is -2.24. The van der Waals surface area contributed by atoms with Gasteiger partial charge in [-0.05, 0) is 51.2 Å². The van der Waals surface area contributed by atoms with Gasteiger partial charge in [0.15, 0.2) is 11.0 Å². The van der Waals surface area contributed by atoms with Crippen LogP contribution in [-0.4, -0.2) is 34.0 Å². The van der Waals surface area contributed by atoms with Crippen molar-refractivity contribution in [3.63, 3.8) is 0 Å². The number of hydrogen-bond acceptors (Lipinski definition) is 4. The maximum atomic E-state index is 10.1. The number of rotatable bonds is 1. The molecule has 1 fully saturated rings. The number of aromatic nitrogens is 2. The summed E-state index contributed by atoms with van der Waals surface area (Å²) in [6.45, 7) is 7.61. The Balaban J connectivity index is 2.24. The quantitative estimate of drug-likeness (QED) is 0.851. The van der Waals surface area contributed by atoms with E-state index < -0.39 is 5.60 Å². The molecule has 2 heterocycles. The van der Waals surface area contributed by atoms with Gasteiger partial charge in [-0.25, -0.2) is 0 Å². The highest BCUT2D eigenvalue weighted by molar-refractivity contribution is 6.30. The molecule has 0 amide bonds. The topological polar surface area (TPSA) is 49.2 Å². The number of halogens is 1. The Morgan fingerprint density at radius 1 is 1.17 bits per heavy atom. The lowest BCUT2D eigenvalue weighted by molar-refractivity contribution is 0.0481. The molecule has 18 heavy (non-hydrogen) atoms. The van der Waals surface area contributed by atoms with Crippen LogP contribution in [0.5, 0.6) is 0 Å². The van der Waals surface area contributed by atoms with Crippen molar-refractivity contribution in [3.05, 3.63) is 16.3 Å². The van der Waals surface area contributed by atoms with E-state index in [1.54, 1.807) is 0 Å². The maximum Gasteiger partial charge on any atom is 0.155 e. The van der Waals surface area contributed by atoms with E-state index in [1.165, 1.54) is 0 Å². The lowest BCUT2D eigenvalue weighted by Crippen LogP contribution is -2.29. The van der Waals surface area contributed by atoms with E-state index in [1.807, 2.05) is 20.8 Å². The van der Waals surface area contributed by atoms with Gasteiger partial charge in [0.1, 0.15) is 0 Å². The molecule has 5 heteroatoms. The van der Waals surface area contributed by atoms with Gasteiger partial charge in [-0.1, -0.05) is 11.6 Å². The van der Waals surface area contributed by atoms with Gasteiger partial charge in [0, 0.05) is 13.1 Å². The van der Waals surface area contributed by atoms with Crippen molar-refractivity contribution in [3.8, 4) is 0 Å². The van der Waals surface area contributed by atoms with Crippen molar-refractivity contribution in [2.45, 2.75) is 45.6 Å². The van der Waals surface area contributed by atoms with E-state index >= 15 is 0 Å². The standard InChI is InChI=1S/C13H20ClN3O/c1-9-10(2)12(16-15-11(9)14)17-7-4-5-13(3,18)6-8-17/h18H,4-8H2,1-3H3. The van der Waals surface area contributed by atoms with Crippen molar-refractivity contribution < 1.29 is 5.11 Å². The Labute approximate surface area is 113 Å². The summed E-state index contributed by atoms with van der Waals surface area (Å²) < 4.78 is 0. The van der Waals surface area contributed by atoms with Crippen LogP contribution in [0.1, 0.15) is 37.3 Å². The highest BCUT2D eigenvalue weighted by atomic mass is 35.5. The van der Waals surface area contributed by atoms with Crippen LogP contribution < -0.4 is 4.90 Å². The third-order valence-electron chi connectivity index (χ3n) is 3.80. The summed E-state index contributed by atoms with van der Waals surface area (Å²) in [4.78, 5) is 2.20. The maximum absolute atomic E-state index is 10.1. The molecule has 0 spiro atoms. The highest BCUT2D eigenvalue weighted by Crippen LogP contribution is 2.28. The molecule has 4 nitrogen and oxygen atoms in total. The summed E-state index contributed by atoms with van der Waals surface area (Å²) in [6.07, 6.45) is 2.56. The number of anilines is 1. The van der Waals surface area contributed by atoms with Crippen LogP contribution in [0.3, 0.4) is 0 Å². The first-order chi connectivity index (χ1) is 8.41. The van der Waals surface area contributed by atoms with E-state index in [-0.39, 0.29) is 0 Å². The van der Waals surface area contributed by atoms with Crippen molar-refractivity contribution in [2.75, 3.05) is 18.0 Å². The van der Waals surface area contributed by atoms with Crippen molar-refractivity contribution >= 4 is 17.4 Å². The molecule has 0 radical (unpaired) electrons. The van der Waals surface area contributed by atoms with Crippen LogP contribution in [0.15, 0.2) is 0 Å². The van der Waals surface area contributed by atoms with E-state index in [4.69, 9.17) is 11.6 Å². The third kappa shape index (κ3) is 2.75.